The number of aliphatic hydroxyl groups is 1. The summed E-state index contributed by atoms with van der Waals surface area (Å²) in [6.07, 6.45) is 0.442. The van der Waals surface area contributed by atoms with Gasteiger partial charge >= 0.3 is 0 Å². The van der Waals surface area contributed by atoms with E-state index in [4.69, 9.17) is 4.74 Å². The summed E-state index contributed by atoms with van der Waals surface area (Å²) in [4.78, 5) is 0. The van der Waals surface area contributed by atoms with Crippen LogP contribution in [0, 0.1) is 0 Å². The number of nitrogens with zero attached hydrogens (tertiary/aromatic N) is 2. The highest BCUT2D eigenvalue weighted by Crippen LogP contribution is 2.19. The van der Waals surface area contributed by atoms with Crippen molar-refractivity contribution < 1.29 is 9.84 Å². The fourth-order valence-electron chi connectivity index (χ4n) is 1.90. The Kier molecular flexibility index (Phi) is 4.22. The van der Waals surface area contributed by atoms with Crippen LogP contribution >= 0.6 is 0 Å². The number of aryl methyl sites for hydroxylation is 2. The molecule has 0 fully saturated rings. The molecule has 0 amide bonds. The third-order valence-corrected chi connectivity index (χ3v) is 3.12. The van der Waals surface area contributed by atoms with E-state index in [2.05, 4.69) is 18.1 Å². The monoisotopic (exact) mass is 260 g/mol. The molecule has 102 valence electrons. The van der Waals surface area contributed by atoms with E-state index in [1.807, 2.05) is 36.0 Å². The van der Waals surface area contributed by atoms with Crippen LogP contribution in [0.1, 0.15) is 36.9 Å². The Hall–Kier alpha value is -1.81. The molecule has 1 aromatic carbocycles. The molecule has 0 aliphatic carbocycles. The van der Waals surface area contributed by atoms with E-state index in [1.165, 1.54) is 0 Å². The van der Waals surface area contributed by atoms with Crippen LogP contribution in [0.15, 0.2) is 30.3 Å². The van der Waals surface area contributed by atoms with Crippen molar-refractivity contribution in [3.05, 3.63) is 47.3 Å². The average molecular weight is 260 g/mol. The lowest BCUT2D eigenvalue weighted by Crippen LogP contribution is -2.03. The smallest absolute Gasteiger partial charge is 0.130 e. The lowest BCUT2D eigenvalue weighted by Gasteiger charge is -2.09. The van der Waals surface area contributed by atoms with E-state index in [0.717, 1.165) is 29.1 Å². The molecule has 1 atom stereocenters. The fraction of sp³-hybridized carbons (Fsp3) is 0.400. The maximum Gasteiger partial charge on any atom is 0.130 e. The van der Waals surface area contributed by atoms with Gasteiger partial charge in [-0.05, 0) is 37.1 Å². The van der Waals surface area contributed by atoms with Crippen molar-refractivity contribution in [2.45, 2.75) is 33.0 Å². The van der Waals surface area contributed by atoms with Crippen molar-refractivity contribution in [1.82, 2.24) is 9.78 Å². The van der Waals surface area contributed by atoms with Gasteiger partial charge < -0.3 is 9.84 Å². The van der Waals surface area contributed by atoms with Gasteiger partial charge in [-0.3, -0.25) is 4.68 Å². The molecule has 2 rings (SSSR count). The summed E-state index contributed by atoms with van der Waals surface area (Å²) in [5.74, 6) is 0.762. The van der Waals surface area contributed by atoms with Crippen LogP contribution in [-0.4, -0.2) is 14.9 Å². The highest BCUT2D eigenvalue weighted by atomic mass is 16.5. The first-order chi connectivity index (χ1) is 9.10. The zero-order valence-corrected chi connectivity index (χ0v) is 11.6. The van der Waals surface area contributed by atoms with Gasteiger partial charge in [-0.15, -0.1) is 0 Å². The van der Waals surface area contributed by atoms with Crippen LogP contribution in [0.2, 0.25) is 0 Å². The summed E-state index contributed by atoms with van der Waals surface area (Å²) in [5, 5.41) is 13.9. The van der Waals surface area contributed by atoms with Crippen molar-refractivity contribution in [3.8, 4) is 5.75 Å². The molecular weight excluding hydrogens is 240 g/mol. The molecule has 0 saturated carbocycles. The topological polar surface area (TPSA) is 47.3 Å². The van der Waals surface area contributed by atoms with Gasteiger partial charge in [0, 0.05) is 7.05 Å². The van der Waals surface area contributed by atoms with Gasteiger partial charge in [-0.1, -0.05) is 19.1 Å². The Morgan fingerprint density at radius 2 is 2.16 bits per heavy atom. The number of ether oxygens (including phenoxy) is 1. The van der Waals surface area contributed by atoms with Crippen molar-refractivity contribution in [2.24, 2.45) is 7.05 Å². The third kappa shape index (κ3) is 3.35. The molecule has 0 spiro atoms. The predicted molar refractivity (Wildman–Crippen MR) is 74.0 cm³/mol. The summed E-state index contributed by atoms with van der Waals surface area (Å²) in [5.41, 5.74) is 2.97. The lowest BCUT2D eigenvalue weighted by atomic mass is 10.1. The number of benzene rings is 1. The van der Waals surface area contributed by atoms with Crippen molar-refractivity contribution in [1.29, 1.82) is 0 Å². The number of hydrogen-bond acceptors (Lipinski definition) is 3. The van der Waals surface area contributed by atoms with Gasteiger partial charge in [0.15, 0.2) is 0 Å². The number of hydrogen-bond donors (Lipinski definition) is 1. The SMILES string of the molecule is CCc1cc(COc2cccc(C(C)O)c2)n(C)n1. The molecule has 19 heavy (non-hydrogen) atoms. The molecular formula is C15H20N2O2. The van der Waals surface area contributed by atoms with Crippen LogP contribution in [0.25, 0.3) is 0 Å². The molecule has 1 aromatic heterocycles. The average Bonchev–Trinajstić information content (AvgIpc) is 2.77. The second kappa shape index (κ2) is 5.89. The summed E-state index contributed by atoms with van der Waals surface area (Å²) >= 11 is 0. The van der Waals surface area contributed by atoms with Gasteiger partial charge in [0.05, 0.1) is 17.5 Å². The van der Waals surface area contributed by atoms with Gasteiger partial charge in [0.2, 0.25) is 0 Å². The quantitative estimate of drug-likeness (QED) is 0.899. The first-order valence-electron chi connectivity index (χ1n) is 6.52. The number of aliphatic hydroxyl groups excluding tert-OH is 1. The van der Waals surface area contributed by atoms with E-state index >= 15 is 0 Å². The van der Waals surface area contributed by atoms with Crippen LogP contribution in [0.4, 0.5) is 0 Å². The molecule has 0 radical (unpaired) electrons. The maximum absolute atomic E-state index is 9.54. The Morgan fingerprint density at radius 3 is 2.79 bits per heavy atom. The minimum atomic E-state index is -0.480. The fourth-order valence-corrected chi connectivity index (χ4v) is 1.90. The lowest BCUT2D eigenvalue weighted by molar-refractivity contribution is 0.198. The molecule has 4 nitrogen and oxygen atoms in total. The summed E-state index contributed by atoms with van der Waals surface area (Å²) in [7, 11) is 1.92. The molecule has 1 heterocycles. The van der Waals surface area contributed by atoms with E-state index in [1.54, 1.807) is 6.92 Å². The highest BCUT2D eigenvalue weighted by Gasteiger charge is 2.06. The van der Waals surface area contributed by atoms with E-state index in [0.29, 0.717) is 6.61 Å². The Bertz CT molecular complexity index is 547. The summed E-state index contributed by atoms with van der Waals surface area (Å²) in [6.45, 7) is 4.31. The van der Waals surface area contributed by atoms with Gasteiger partial charge in [0.25, 0.3) is 0 Å². The largest absolute Gasteiger partial charge is 0.487 e. The molecule has 1 unspecified atom stereocenters. The van der Waals surface area contributed by atoms with E-state index in [-0.39, 0.29) is 0 Å². The van der Waals surface area contributed by atoms with E-state index in [9.17, 15) is 5.11 Å². The molecule has 0 saturated heterocycles. The zero-order chi connectivity index (χ0) is 13.8. The van der Waals surface area contributed by atoms with Crippen LogP contribution < -0.4 is 4.74 Å². The summed E-state index contributed by atoms with van der Waals surface area (Å²) in [6, 6.07) is 9.58. The Labute approximate surface area is 113 Å². The molecule has 0 aliphatic heterocycles. The standard InChI is InChI=1S/C15H20N2O2/c1-4-13-9-14(17(3)16-13)10-19-15-7-5-6-12(8-15)11(2)18/h5-9,11,18H,4,10H2,1-3H3. The number of rotatable bonds is 5. The van der Waals surface area contributed by atoms with Gasteiger partial charge in [-0.25, -0.2) is 0 Å². The first kappa shape index (κ1) is 13.6. The van der Waals surface area contributed by atoms with Gasteiger partial charge in [0.1, 0.15) is 12.4 Å². The molecule has 1 N–H and O–H groups in total. The highest BCUT2D eigenvalue weighted by molar-refractivity contribution is 5.29. The van der Waals surface area contributed by atoms with Gasteiger partial charge in [-0.2, -0.15) is 5.10 Å². The maximum atomic E-state index is 9.54. The van der Waals surface area contributed by atoms with Crippen molar-refractivity contribution in [3.63, 3.8) is 0 Å². The van der Waals surface area contributed by atoms with Crippen LogP contribution in [0.5, 0.6) is 5.75 Å². The minimum absolute atomic E-state index is 0.479. The van der Waals surface area contributed by atoms with E-state index < -0.39 is 6.10 Å². The normalized spacial score (nSPS) is 12.4. The Morgan fingerprint density at radius 1 is 1.37 bits per heavy atom. The second-order valence-corrected chi connectivity index (χ2v) is 4.64. The second-order valence-electron chi connectivity index (χ2n) is 4.64. The Balaban J connectivity index is 2.05. The minimum Gasteiger partial charge on any atom is -0.487 e. The number of aromatic nitrogens is 2. The molecule has 0 bridgehead atoms. The zero-order valence-electron chi connectivity index (χ0n) is 11.6. The van der Waals surface area contributed by atoms with Crippen LogP contribution in [0.3, 0.4) is 0 Å². The summed E-state index contributed by atoms with van der Waals surface area (Å²) < 4.78 is 7.59. The molecule has 2 aromatic rings. The first-order valence-corrected chi connectivity index (χ1v) is 6.52. The van der Waals surface area contributed by atoms with Crippen LogP contribution in [-0.2, 0) is 20.1 Å². The van der Waals surface area contributed by atoms with Crippen molar-refractivity contribution >= 4 is 0 Å². The van der Waals surface area contributed by atoms with Crippen molar-refractivity contribution in [2.75, 3.05) is 0 Å². The molecule has 0 aliphatic rings. The molecule has 4 heteroatoms. The predicted octanol–water partition coefficient (Wildman–Crippen LogP) is 2.61. The third-order valence-electron chi connectivity index (χ3n) is 3.12.